The number of hydrogen-bond donors (Lipinski definition) is 0. The van der Waals surface area contributed by atoms with Gasteiger partial charge in [0, 0.05) is 32.5 Å². The van der Waals surface area contributed by atoms with E-state index in [1.807, 2.05) is 12.1 Å². The molecule has 0 N–H and O–H groups in total. The Morgan fingerprint density at radius 3 is 2.67 bits per heavy atom. The molecule has 1 atom stereocenters. The molecule has 0 aromatic heterocycles. The molecule has 0 saturated heterocycles. The van der Waals surface area contributed by atoms with Crippen molar-refractivity contribution in [3.05, 3.63) is 46.5 Å². The van der Waals surface area contributed by atoms with E-state index in [-0.39, 0.29) is 0 Å². The van der Waals surface area contributed by atoms with Crippen LogP contribution in [0, 0.1) is 5.92 Å². The monoisotopic (exact) mass is 344 g/mol. The number of methoxy groups -OCH3 is 1. The number of benzene rings is 2. The molecule has 1 unspecified atom stereocenters. The molecule has 0 aliphatic heterocycles. The minimum Gasteiger partial charge on any atom is -0.496 e. The molecule has 4 heteroatoms. The number of esters is 1. The molecule has 0 heterocycles. The zero-order valence-electron chi connectivity index (χ0n) is 14.2. The van der Waals surface area contributed by atoms with Crippen LogP contribution in [-0.2, 0) is 17.6 Å². The molecular formula is C20H21ClO3. The van der Waals surface area contributed by atoms with Crippen LogP contribution < -0.4 is 9.47 Å². The molecule has 0 radical (unpaired) electrons. The number of carbonyl (C=O) groups excluding carboxylic acids is 1. The maximum atomic E-state index is 12.2. The summed E-state index contributed by atoms with van der Waals surface area (Å²) in [6.07, 6.45) is 2.85. The fourth-order valence-corrected chi connectivity index (χ4v) is 3.52. The Morgan fingerprint density at radius 1 is 1.25 bits per heavy atom. The van der Waals surface area contributed by atoms with E-state index < -0.39 is 5.97 Å². The molecule has 3 rings (SSSR count). The van der Waals surface area contributed by atoms with Gasteiger partial charge in [0.05, 0.1) is 7.11 Å². The number of ether oxygens (including phenoxy) is 2. The van der Waals surface area contributed by atoms with Gasteiger partial charge in [-0.05, 0) is 50.3 Å². The van der Waals surface area contributed by atoms with Gasteiger partial charge >= 0.3 is 5.97 Å². The molecular weight excluding hydrogens is 324 g/mol. The van der Waals surface area contributed by atoms with E-state index in [1.54, 1.807) is 20.1 Å². The summed E-state index contributed by atoms with van der Waals surface area (Å²) in [6, 6.07) is 5.56. The van der Waals surface area contributed by atoms with Gasteiger partial charge in [-0.2, -0.15) is 0 Å². The Hall–Kier alpha value is -2.00. The fraction of sp³-hybridized carbons (Fsp3) is 0.350. The second-order valence-electron chi connectivity index (χ2n) is 6.53. The number of rotatable bonds is 3. The molecule has 1 aliphatic rings. The van der Waals surface area contributed by atoms with E-state index >= 15 is 0 Å². The summed E-state index contributed by atoms with van der Waals surface area (Å²) < 4.78 is 11.4. The first-order valence-corrected chi connectivity index (χ1v) is 8.48. The summed E-state index contributed by atoms with van der Waals surface area (Å²) in [5, 5.41) is 2.35. The van der Waals surface area contributed by atoms with Gasteiger partial charge in [0.15, 0.2) is 0 Å². The number of fused-ring (bicyclic) bond motifs is 2. The van der Waals surface area contributed by atoms with Gasteiger partial charge in [-0.25, -0.2) is 4.79 Å². The molecule has 0 fully saturated rings. The second kappa shape index (κ2) is 6.48. The van der Waals surface area contributed by atoms with E-state index in [0.29, 0.717) is 22.3 Å². The summed E-state index contributed by atoms with van der Waals surface area (Å²) in [5.74, 6) is 1.59. The van der Waals surface area contributed by atoms with Gasteiger partial charge in [0.25, 0.3) is 0 Å². The fourth-order valence-electron chi connectivity index (χ4n) is 3.35. The standard InChI is InChI=1S/C20H21ClO3/c1-11(2)20(22)24-19-15-8-6-13(21)10-17(15)18(23-4)14-7-5-12(3)9-16(14)19/h6,8,10,12H,1,5,7,9H2,2-4H3. The van der Waals surface area contributed by atoms with Crippen LogP contribution in [0.25, 0.3) is 10.8 Å². The smallest absolute Gasteiger partial charge is 0.338 e. The Bertz CT molecular complexity index is 839. The lowest BCUT2D eigenvalue weighted by atomic mass is 9.82. The largest absolute Gasteiger partial charge is 0.496 e. The summed E-state index contributed by atoms with van der Waals surface area (Å²) in [5.41, 5.74) is 2.57. The second-order valence-corrected chi connectivity index (χ2v) is 6.96. The van der Waals surface area contributed by atoms with Crippen molar-refractivity contribution in [2.24, 2.45) is 5.92 Å². The molecule has 0 saturated carbocycles. The minimum atomic E-state index is -0.406. The van der Waals surface area contributed by atoms with Crippen molar-refractivity contribution in [3.63, 3.8) is 0 Å². The summed E-state index contributed by atoms with van der Waals surface area (Å²) >= 11 is 6.19. The van der Waals surface area contributed by atoms with E-state index in [4.69, 9.17) is 21.1 Å². The van der Waals surface area contributed by atoms with Gasteiger partial charge in [-0.15, -0.1) is 0 Å². The Labute approximate surface area is 147 Å². The normalized spacial score (nSPS) is 16.6. The highest BCUT2D eigenvalue weighted by Gasteiger charge is 2.27. The van der Waals surface area contributed by atoms with Crippen LogP contribution in [-0.4, -0.2) is 13.1 Å². The zero-order valence-corrected chi connectivity index (χ0v) is 15.0. The summed E-state index contributed by atoms with van der Waals surface area (Å²) in [7, 11) is 1.67. The minimum absolute atomic E-state index is 0.380. The molecule has 0 amide bonds. The first-order valence-electron chi connectivity index (χ1n) is 8.11. The number of carbonyl (C=O) groups is 1. The average Bonchev–Trinajstić information content (AvgIpc) is 2.54. The van der Waals surface area contributed by atoms with Gasteiger partial charge in [-0.1, -0.05) is 25.1 Å². The predicted octanol–water partition coefficient (Wildman–Crippen LogP) is 5.11. The lowest BCUT2D eigenvalue weighted by Gasteiger charge is -2.27. The highest BCUT2D eigenvalue weighted by molar-refractivity contribution is 6.31. The average molecular weight is 345 g/mol. The molecule has 0 spiro atoms. The molecule has 3 nitrogen and oxygen atoms in total. The highest BCUT2D eigenvalue weighted by Crippen LogP contribution is 2.45. The van der Waals surface area contributed by atoms with E-state index in [9.17, 15) is 4.79 Å². The molecule has 24 heavy (non-hydrogen) atoms. The maximum absolute atomic E-state index is 12.2. The van der Waals surface area contributed by atoms with Crippen LogP contribution in [0.15, 0.2) is 30.4 Å². The topological polar surface area (TPSA) is 35.5 Å². The SMILES string of the molecule is C=C(C)C(=O)Oc1c2c(c(OC)c3cc(Cl)ccc13)CCC(C)C2. The Kier molecular flexibility index (Phi) is 4.55. The van der Waals surface area contributed by atoms with Crippen LogP contribution in [0.3, 0.4) is 0 Å². The molecule has 1 aliphatic carbocycles. The van der Waals surface area contributed by atoms with Crippen molar-refractivity contribution in [1.29, 1.82) is 0 Å². The quantitative estimate of drug-likeness (QED) is 0.441. The van der Waals surface area contributed by atoms with E-state index in [2.05, 4.69) is 13.5 Å². The molecule has 2 aromatic carbocycles. The van der Waals surface area contributed by atoms with Crippen molar-refractivity contribution in [1.82, 2.24) is 0 Å². The summed E-state index contributed by atoms with van der Waals surface area (Å²) in [6.45, 7) is 7.55. The van der Waals surface area contributed by atoms with Gasteiger partial charge in [0.1, 0.15) is 11.5 Å². The van der Waals surface area contributed by atoms with Crippen LogP contribution in [0.5, 0.6) is 11.5 Å². The van der Waals surface area contributed by atoms with Gasteiger partial charge < -0.3 is 9.47 Å². The predicted molar refractivity (Wildman–Crippen MR) is 97.1 cm³/mol. The van der Waals surface area contributed by atoms with Crippen LogP contribution in [0.2, 0.25) is 5.02 Å². The highest BCUT2D eigenvalue weighted by atomic mass is 35.5. The maximum Gasteiger partial charge on any atom is 0.338 e. The Morgan fingerprint density at radius 2 is 2.00 bits per heavy atom. The first kappa shape index (κ1) is 16.8. The van der Waals surface area contributed by atoms with E-state index in [0.717, 1.165) is 46.9 Å². The van der Waals surface area contributed by atoms with Crippen molar-refractivity contribution in [3.8, 4) is 11.5 Å². The van der Waals surface area contributed by atoms with Crippen LogP contribution in [0.1, 0.15) is 31.4 Å². The van der Waals surface area contributed by atoms with Crippen LogP contribution in [0.4, 0.5) is 0 Å². The van der Waals surface area contributed by atoms with E-state index in [1.165, 1.54) is 0 Å². The summed E-state index contributed by atoms with van der Waals surface area (Å²) in [4.78, 5) is 12.2. The van der Waals surface area contributed by atoms with Gasteiger partial charge in [-0.3, -0.25) is 0 Å². The van der Waals surface area contributed by atoms with Crippen molar-refractivity contribution < 1.29 is 14.3 Å². The molecule has 2 aromatic rings. The first-order chi connectivity index (χ1) is 11.4. The Balaban J connectivity index is 2.32. The van der Waals surface area contributed by atoms with Crippen LogP contribution >= 0.6 is 11.6 Å². The lowest BCUT2D eigenvalue weighted by Crippen LogP contribution is -2.17. The van der Waals surface area contributed by atoms with Crippen molar-refractivity contribution >= 4 is 28.3 Å². The molecule has 126 valence electrons. The lowest BCUT2D eigenvalue weighted by molar-refractivity contribution is -0.130. The van der Waals surface area contributed by atoms with Gasteiger partial charge in [0.2, 0.25) is 0 Å². The number of halogens is 1. The third-order valence-electron chi connectivity index (χ3n) is 4.57. The molecule has 0 bridgehead atoms. The van der Waals surface area contributed by atoms with Crippen molar-refractivity contribution in [2.45, 2.75) is 33.1 Å². The third-order valence-corrected chi connectivity index (χ3v) is 4.81. The zero-order chi connectivity index (χ0) is 17.4. The van der Waals surface area contributed by atoms with Crippen molar-refractivity contribution in [2.75, 3.05) is 7.11 Å². The third kappa shape index (κ3) is 2.89. The number of hydrogen-bond acceptors (Lipinski definition) is 3.